The van der Waals surface area contributed by atoms with E-state index in [9.17, 15) is 19.2 Å². The van der Waals surface area contributed by atoms with E-state index < -0.39 is 23.9 Å². The standard InChI is InChI=1S/C24H25N3O5/c1-17(28)26-13-11-24(12-14-26,18-7-3-2-4-8-18)23(31)32-16-22(30)27-15-21(29)25-19-9-5-6-10-20(19)27/h2-10H,11-16H2,1H3,(H,25,29). The number of para-hydroxylation sites is 2. The Morgan fingerprint density at radius 1 is 1.00 bits per heavy atom. The van der Waals surface area contributed by atoms with Crippen LogP contribution in [0.4, 0.5) is 11.4 Å². The first-order valence-electron chi connectivity index (χ1n) is 10.6. The van der Waals surface area contributed by atoms with Crippen LogP contribution in [-0.4, -0.2) is 54.8 Å². The first kappa shape index (κ1) is 21.5. The third kappa shape index (κ3) is 4.08. The Hall–Kier alpha value is -3.68. The third-order valence-corrected chi connectivity index (χ3v) is 6.18. The molecule has 4 rings (SSSR count). The van der Waals surface area contributed by atoms with Gasteiger partial charge in [-0.1, -0.05) is 42.5 Å². The number of hydrogen-bond acceptors (Lipinski definition) is 5. The number of nitrogens with one attached hydrogen (secondary N) is 1. The zero-order chi connectivity index (χ0) is 22.7. The largest absolute Gasteiger partial charge is 0.455 e. The summed E-state index contributed by atoms with van der Waals surface area (Å²) < 4.78 is 5.54. The first-order valence-corrected chi connectivity index (χ1v) is 10.6. The van der Waals surface area contributed by atoms with Crippen LogP contribution in [0.3, 0.4) is 0 Å². The maximum absolute atomic E-state index is 13.3. The minimum atomic E-state index is -0.926. The Labute approximate surface area is 186 Å². The molecule has 0 radical (unpaired) electrons. The van der Waals surface area contributed by atoms with Crippen molar-refractivity contribution in [3.05, 3.63) is 60.2 Å². The molecule has 1 fully saturated rings. The summed E-state index contributed by atoms with van der Waals surface area (Å²) in [6.07, 6.45) is 0.830. The molecule has 32 heavy (non-hydrogen) atoms. The molecule has 0 saturated carbocycles. The molecule has 0 aromatic heterocycles. The fourth-order valence-electron chi connectivity index (χ4n) is 4.37. The average molecular weight is 435 g/mol. The van der Waals surface area contributed by atoms with E-state index in [1.807, 2.05) is 30.3 Å². The molecular weight excluding hydrogens is 410 g/mol. The van der Waals surface area contributed by atoms with Gasteiger partial charge >= 0.3 is 5.97 Å². The van der Waals surface area contributed by atoms with Gasteiger partial charge in [0.1, 0.15) is 6.54 Å². The van der Waals surface area contributed by atoms with Gasteiger partial charge in [-0.3, -0.25) is 24.1 Å². The van der Waals surface area contributed by atoms with Crippen molar-refractivity contribution in [1.82, 2.24) is 4.90 Å². The predicted octanol–water partition coefficient (Wildman–Crippen LogP) is 2.10. The highest BCUT2D eigenvalue weighted by atomic mass is 16.5. The third-order valence-electron chi connectivity index (χ3n) is 6.18. The van der Waals surface area contributed by atoms with Crippen molar-refractivity contribution in [3.8, 4) is 0 Å². The number of esters is 1. The second-order valence-electron chi connectivity index (χ2n) is 8.08. The highest BCUT2D eigenvalue weighted by Crippen LogP contribution is 2.37. The van der Waals surface area contributed by atoms with E-state index >= 15 is 0 Å². The van der Waals surface area contributed by atoms with Gasteiger partial charge in [0.25, 0.3) is 5.91 Å². The molecular formula is C24H25N3O5. The summed E-state index contributed by atoms with van der Waals surface area (Å²) in [5.41, 5.74) is 0.995. The summed E-state index contributed by atoms with van der Waals surface area (Å²) in [5.74, 6) is -1.29. The van der Waals surface area contributed by atoms with Crippen LogP contribution in [-0.2, 0) is 29.3 Å². The Morgan fingerprint density at radius 3 is 2.34 bits per heavy atom. The van der Waals surface area contributed by atoms with Crippen LogP contribution in [0.1, 0.15) is 25.3 Å². The Morgan fingerprint density at radius 2 is 1.66 bits per heavy atom. The number of piperidine rings is 1. The lowest BCUT2D eigenvalue weighted by Crippen LogP contribution is -2.50. The molecule has 3 amide bonds. The smallest absolute Gasteiger partial charge is 0.317 e. The van der Waals surface area contributed by atoms with E-state index in [-0.39, 0.29) is 18.4 Å². The van der Waals surface area contributed by atoms with Gasteiger partial charge in [-0.15, -0.1) is 0 Å². The molecule has 8 nitrogen and oxygen atoms in total. The SMILES string of the molecule is CC(=O)N1CCC(C(=O)OCC(=O)N2CC(=O)Nc3ccccc32)(c2ccccc2)CC1. The lowest BCUT2D eigenvalue weighted by molar-refractivity contribution is -0.156. The zero-order valence-corrected chi connectivity index (χ0v) is 17.9. The molecule has 2 aromatic carbocycles. The van der Waals surface area contributed by atoms with Crippen LogP contribution in [0.15, 0.2) is 54.6 Å². The van der Waals surface area contributed by atoms with Crippen molar-refractivity contribution in [1.29, 1.82) is 0 Å². The summed E-state index contributed by atoms with van der Waals surface area (Å²) >= 11 is 0. The molecule has 2 heterocycles. The lowest BCUT2D eigenvalue weighted by Gasteiger charge is -2.40. The van der Waals surface area contributed by atoms with Crippen LogP contribution in [0.5, 0.6) is 0 Å². The van der Waals surface area contributed by atoms with E-state index in [2.05, 4.69) is 5.32 Å². The maximum atomic E-state index is 13.3. The number of benzene rings is 2. The van der Waals surface area contributed by atoms with Crippen molar-refractivity contribution in [2.45, 2.75) is 25.2 Å². The normalized spacial score (nSPS) is 17.2. The van der Waals surface area contributed by atoms with Crippen molar-refractivity contribution < 1.29 is 23.9 Å². The molecule has 0 unspecified atom stereocenters. The number of amides is 3. The van der Waals surface area contributed by atoms with Crippen LogP contribution < -0.4 is 10.2 Å². The number of carbonyl (C=O) groups is 4. The molecule has 8 heteroatoms. The highest BCUT2D eigenvalue weighted by Gasteiger charge is 2.45. The summed E-state index contributed by atoms with van der Waals surface area (Å²) in [5, 5.41) is 2.73. The highest BCUT2D eigenvalue weighted by molar-refractivity contribution is 6.10. The van der Waals surface area contributed by atoms with Crippen LogP contribution in [0.2, 0.25) is 0 Å². The van der Waals surface area contributed by atoms with E-state index in [4.69, 9.17) is 4.74 Å². The van der Waals surface area contributed by atoms with Crippen molar-refractivity contribution in [3.63, 3.8) is 0 Å². The number of rotatable bonds is 4. The number of likely N-dealkylation sites (tertiary alicyclic amines) is 1. The van der Waals surface area contributed by atoms with Crippen molar-refractivity contribution in [2.75, 3.05) is 36.5 Å². The van der Waals surface area contributed by atoms with Crippen molar-refractivity contribution in [2.24, 2.45) is 0 Å². The van der Waals surface area contributed by atoms with Crippen LogP contribution in [0.25, 0.3) is 0 Å². The second kappa shape index (κ2) is 8.82. The number of ether oxygens (including phenoxy) is 1. The zero-order valence-electron chi connectivity index (χ0n) is 17.9. The lowest BCUT2D eigenvalue weighted by atomic mass is 9.72. The predicted molar refractivity (Wildman–Crippen MR) is 118 cm³/mol. The number of nitrogens with zero attached hydrogens (tertiary/aromatic N) is 2. The average Bonchev–Trinajstić information content (AvgIpc) is 2.82. The Balaban J connectivity index is 1.51. The molecule has 0 bridgehead atoms. The van der Waals surface area contributed by atoms with E-state index in [1.54, 1.807) is 29.2 Å². The molecule has 2 aliphatic heterocycles. The van der Waals surface area contributed by atoms with Gasteiger partial charge in [0.2, 0.25) is 11.8 Å². The molecule has 0 atom stereocenters. The minimum absolute atomic E-state index is 0.0303. The first-order chi connectivity index (χ1) is 15.4. The molecule has 1 saturated heterocycles. The quantitative estimate of drug-likeness (QED) is 0.742. The summed E-state index contributed by atoms with van der Waals surface area (Å²) in [6.45, 7) is 1.79. The monoisotopic (exact) mass is 435 g/mol. The second-order valence-corrected chi connectivity index (χ2v) is 8.08. The number of fused-ring (bicyclic) bond motifs is 1. The van der Waals surface area contributed by atoms with Gasteiger partial charge in [0.15, 0.2) is 6.61 Å². The Kier molecular flexibility index (Phi) is 5.94. The van der Waals surface area contributed by atoms with E-state index in [1.165, 1.54) is 11.8 Å². The summed E-state index contributed by atoms with van der Waals surface area (Å²) in [7, 11) is 0. The number of hydrogen-bond donors (Lipinski definition) is 1. The van der Waals surface area contributed by atoms with E-state index in [0.717, 1.165) is 5.56 Å². The van der Waals surface area contributed by atoms with Crippen LogP contribution in [0, 0.1) is 0 Å². The number of carbonyl (C=O) groups excluding carboxylic acids is 4. The maximum Gasteiger partial charge on any atom is 0.317 e. The molecule has 1 N–H and O–H groups in total. The van der Waals surface area contributed by atoms with Crippen molar-refractivity contribution >= 4 is 35.1 Å². The van der Waals surface area contributed by atoms with Crippen LogP contribution >= 0.6 is 0 Å². The summed E-state index contributed by atoms with van der Waals surface area (Å²) in [4.78, 5) is 53.0. The topological polar surface area (TPSA) is 96.0 Å². The minimum Gasteiger partial charge on any atom is -0.455 e. The van der Waals surface area contributed by atoms with Gasteiger partial charge in [-0.25, -0.2) is 0 Å². The van der Waals surface area contributed by atoms with Gasteiger partial charge in [0, 0.05) is 20.0 Å². The summed E-state index contributed by atoms with van der Waals surface area (Å²) in [6, 6.07) is 16.3. The molecule has 0 spiro atoms. The van der Waals surface area contributed by atoms with Gasteiger partial charge in [0.05, 0.1) is 16.8 Å². The molecule has 166 valence electrons. The number of anilines is 2. The Bertz CT molecular complexity index is 1040. The van der Waals surface area contributed by atoms with E-state index in [0.29, 0.717) is 37.3 Å². The van der Waals surface area contributed by atoms with Gasteiger partial charge in [-0.05, 0) is 30.5 Å². The molecule has 2 aromatic rings. The van der Waals surface area contributed by atoms with Gasteiger partial charge in [-0.2, -0.15) is 0 Å². The van der Waals surface area contributed by atoms with Gasteiger partial charge < -0.3 is 15.0 Å². The fraction of sp³-hybridized carbons (Fsp3) is 0.333. The fourth-order valence-corrected chi connectivity index (χ4v) is 4.37. The molecule has 0 aliphatic carbocycles. The molecule has 2 aliphatic rings.